The Balaban J connectivity index is 1.81. The van der Waals surface area contributed by atoms with Crippen LogP contribution in [0.3, 0.4) is 0 Å². The number of nitrogens with zero attached hydrogens (tertiary/aromatic N) is 3. The third-order valence-electron chi connectivity index (χ3n) is 4.99. The van der Waals surface area contributed by atoms with Gasteiger partial charge in [-0.1, -0.05) is 12.1 Å². The van der Waals surface area contributed by atoms with Gasteiger partial charge in [-0.25, -0.2) is 4.79 Å². The number of hydrogen-bond acceptors (Lipinski definition) is 4. The van der Waals surface area contributed by atoms with E-state index in [-0.39, 0.29) is 24.3 Å². The van der Waals surface area contributed by atoms with Crippen molar-refractivity contribution >= 4 is 23.3 Å². The number of carboxylic acid groups (broad SMARTS) is 1. The second-order valence-electron chi connectivity index (χ2n) is 6.70. The van der Waals surface area contributed by atoms with Crippen molar-refractivity contribution in [2.24, 2.45) is 0 Å². The van der Waals surface area contributed by atoms with Gasteiger partial charge in [-0.2, -0.15) is 0 Å². The van der Waals surface area contributed by atoms with Crippen LogP contribution in [0.2, 0.25) is 0 Å². The minimum Gasteiger partial charge on any atom is -0.478 e. The molecule has 1 saturated heterocycles. The predicted molar refractivity (Wildman–Crippen MR) is 112 cm³/mol. The maximum atomic E-state index is 11.4. The van der Waals surface area contributed by atoms with E-state index >= 15 is 0 Å². The van der Waals surface area contributed by atoms with Crippen LogP contribution in [0.1, 0.15) is 33.8 Å². The molecule has 3 aromatic rings. The molecule has 0 saturated carbocycles. The van der Waals surface area contributed by atoms with E-state index in [4.69, 9.17) is 12.2 Å². The number of benzene rings is 1. The molecule has 29 heavy (non-hydrogen) atoms. The van der Waals surface area contributed by atoms with Crippen molar-refractivity contribution in [2.45, 2.75) is 12.1 Å². The Morgan fingerprint density at radius 3 is 2.76 bits per heavy atom. The summed E-state index contributed by atoms with van der Waals surface area (Å²) in [7, 11) is 0. The van der Waals surface area contributed by atoms with Crippen molar-refractivity contribution < 1.29 is 15.0 Å². The molecule has 0 amide bonds. The first-order chi connectivity index (χ1) is 14.1. The SMILES string of the molecule is O=C(O)c1cccc(-n2cccc2[C@@H]2[C@@H](c3ccccn3)NC(=S)N2CCO)c1. The second kappa shape index (κ2) is 8.02. The number of thiocarbonyl (C=S) groups is 1. The fourth-order valence-corrected chi connectivity index (χ4v) is 4.07. The van der Waals surface area contributed by atoms with Crippen LogP contribution in [-0.4, -0.2) is 48.9 Å². The lowest BCUT2D eigenvalue weighted by atomic mass is 10.0. The number of pyridine rings is 1. The lowest BCUT2D eigenvalue weighted by Gasteiger charge is -2.28. The molecule has 1 aliphatic heterocycles. The van der Waals surface area contributed by atoms with Crippen LogP contribution in [0.15, 0.2) is 67.0 Å². The first-order valence-corrected chi connectivity index (χ1v) is 9.61. The van der Waals surface area contributed by atoms with E-state index in [1.54, 1.807) is 24.4 Å². The maximum Gasteiger partial charge on any atom is 0.335 e. The molecule has 1 aliphatic rings. The molecule has 0 spiro atoms. The summed E-state index contributed by atoms with van der Waals surface area (Å²) < 4.78 is 1.95. The molecule has 1 fully saturated rings. The van der Waals surface area contributed by atoms with E-state index in [0.717, 1.165) is 17.1 Å². The minimum atomic E-state index is -0.975. The van der Waals surface area contributed by atoms with E-state index in [2.05, 4.69) is 10.3 Å². The van der Waals surface area contributed by atoms with Crippen LogP contribution >= 0.6 is 12.2 Å². The molecule has 148 valence electrons. The van der Waals surface area contributed by atoms with E-state index in [9.17, 15) is 15.0 Å². The average Bonchev–Trinajstić information content (AvgIpc) is 3.34. The number of aliphatic hydroxyl groups excluding tert-OH is 1. The van der Waals surface area contributed by atoms with Crippen LogP contribution < -0.4 is 5.32 Å². The summed E-state index contributed by atoms with van der Waals surface area (Å²) in [4.78, 5) is 17.8. The van der Waals surface area contributed by atoms with E-state index in [1.165, 1.54) is 0 Å². The Bertz CT molecular complexity index is 1040. The first-order valence-electron chi connectivity index (χ1n) is 9.20. The van der Waals surface area contributed by atoms with Gasteiger partial charge in [0.05, 0.1) is 29.9 Å². The average molecular weight is 408 g/mol. The zero-order valence-electron chi connectivity index (χ0n) is 15.5. The van der Waals surface area contributed by atoms with Gasteiger partial charge in [0.25, 0.3) is 0 Å². The number of carbonyl (C=O) groups is 1. The quantitative estimate of drug-likeness (QED) is 0.540. The summed E-state index contributed by atoms with van der Waals surface area (Å²) in [5.74, 6) is -0.975. The molecule has 0 radical (unpaired) electrons. The predicted octanol–water partition coefficient (Wildman–Crippen LogP) is 2.54. The van der Waals surface area contributed by atoms with Gasteiger partial charge in [0.1, 0.15) is 0 Å². The van der Waals surface area contributed by atoms with Crippen molar-refractivity contribution in [2.75, 3.05) is 13.2 Å². The molecule has 8 heteroatoms. The van der Waals surface area contributed by atoms with Gasteiger partial charge in [-0.3, -0.25) is 4.98 Å². The highest BCUT2D eigenvalue weighted by Crippen LogP contribution is 2.39. The zero-order valence-corrected chi connectivity index (χ0v) is 16.3. The molecule has 2 atom stereocenters. The highest BCUT2D eigenvalue weighted by Gasteiger charge is 2.40. The standard InChI is InChI=1S/C21H20N4O3S/c26-12-11-25-19(18(23-21(25)29)16-7-1-2-9-22-16)17-8-4-10-24(17)15-6-3-5-14(13-15)20(27)28/h1-10,13,18-19,26H,11-12H2,(H,23,29)(H,27,28)/t18-,19-/m1/s1. The minimum absolute atomic E-state index is 0.0392. The number of nitrogens with one attached hydrogen (secondary N) is 1. The van der Waals surface area contributed by atoms with Crippen molar-refractivity contribution in [1.82, 2.24) is 19.8 Å². The van der Waals surface area contributed by atoms with Gasteiger partial charge in [0.15, 0.2) is 5.11 Å². The van der Waals surface area contributed by atoms with Crippen LogP contribution in [0.25, 0.3) is 5.69 Å². The molecule has 1 aromatic carbocycles. The maximum absolute atomic E-state index is 11.4. The van der Waals surface area contributed by atoms with Crippen molar-refractivity contribution in [3.05, 3.63) is 83.9 Å². The van der Waals surface area contributed by atoms with Crippen LogP contribution in [0.4, 0.5) is 0 Å². The van der Waals surface area contributed by atoms with Gasteiger partial charge < -0.3 is 25.0 Å². The number of aromatic carboxylic acids is 1. The van der Waals surface area contributed by atoms with E-state index in [1.807, 2.05) is 52.1 Å². The molecule has 4 rings (SSSR count). The lowest BCUT2D eigenvalue weighted by Crippen LogP contribution is -2.32. The molecular weight excluding hydrogens is 388 g/mol. The number of aliphatic hydroxyl groups is 1. The number of carboxylic acids is 1. The smallest absolute Gasteiger partial charge is 0.335 e. The molecule has 3 heterocycles. The molecular formula is C21H20N4O3S. The van der Waals surface area contributed by atoms with E-state index < -0.39 is 5.97 Å². The first kappa shape index (κ1) is 19.1. The van der Waals surface area contributed by atoms with Crippen LogP contribution in [0.5, 0.6) is 0 Å². The normalized spacial score (nSPS) is 18.7. The summed E-state index contributed by atoms with van der Waals surface area (Å²) in [5, 5.41) is 22.8. The summed E-state index contributed by atoms with van der Waals surface area (Å²) in [6.45, 7) is 0.336. The summed E-state index contributed by atoms with van der Waals surface area (Å²) >= 11 is 5.54. The van der Waals surface area contributed by atoms with Gasteiger partial charge in [-0.15, -0.1) is 0 Å². The highest BCUT2D eigenvalue weighted by atomic mass is 32.1. The molecule has 7 nitrogen and oxygen atoms in total. The molecule has 0 unspecified atom stereocenters. The Morgan fingerprint density at radius 1 is 1.17 bits per heavy atom. The highest BCUT2D eigenvalue weighted by molar-refractivity contribution is 7.80. The Kier molecular flexibility index (Phi) is 5.28. The van der Waals surface area contributed by atoms with Crippen molar-refractivity contribution in [3.8, 4) is 5.69 Å². The van der Waals surface area contributed by atoms with Crippen LogP contribution in [-0.2, 0) is 0 Å². The van der Waals surface area contributed by atoms with Gasteiger partial charge >= 0.3 is 5.97 Å². The van der Waals surface area contributed by atoms with Gasteiger partial charge in [-0.05, 0) is 54.7 Å². The summed E-state index contributed by atoms with van der Waals surface area (Å²) in [5.41, 5.74) is 2.72. The topological polar surface area (TPSA) is 90.6 Å². The third kappa shape index (κ3) is 3.59. The Morgan fingerprint density at radius 2 is 2.03 bits per heavy atom. The fourth-order valence-electron chi connectivity index (χ4n) is 3.73. The van der Waals surface area contributed by atoms with Gasteiger partial charge in [0, 0.05) is 30.3 Å². The Labute approximate surface area is 173 Å². The second-order valence-corrected chi connectivity index (χ2v) is 7.09. The molecule has 0 bridgehead atoms. The van der Waals surface area contributed by atoms with Crippen LogP contribution in [0, 0.1) is 0 Å². The lowest BCUT2D eigenvalue weighted by molar-refractivity contribution is 0.0697. The monoisotopic (exact) mass is 408 g/mol. The Hall–Kier alpha value is -3.23. The number of β-amino-alcohol motifs (C(OH)–C–C–N with tert-alkyl or cyclic N) is 1. The molecule has 2 aromatic heterocycles. The molecule has 0 aliphatic carbocycles. The summed E-state index contributed by atoms with van der Waals surface area (Å²) in [6.07, 6.45) is 3.63. The number of hydrogen-bond donors (Lipinski definition) is 3. The number of rotatable bonds is 6. The van der Waals surface area contributed by atoms with Crippen molar-refractivity contribution in [1.29, 1.82) is 0 Å². The molecule has 3 N–H and O–H groups in total. The largest absolute Gasteiger partial charge is 0.478 e. The summed E-state index contributed by atoms with van der Waals surface area (Å²) in [6, 6.07) is 16.0. The third-order valence-corrected chi connectivity index (χ3v) is 5.35. The fraction of sp³-hybridized carbons (Fsp3) is 0.190. The number of aromatic nitrogens is 2. The van der Waals surface area contributed by atoms with Gasteiger partial charge in [0.2, 0.25) is 0 Å². The van der Waals surface area contributed by atoms with E-state index in [0.29, 0.717) is 11.7 Å². The zero-order chi connectivity index (χ0) is 20.4. The van der Waals surface area contributed by atoms with Crippen molar-refractivity contribution in [3.63, 3.8) is 0 Å².